The summed E-state index contributed by atoms with van der Waals surface area (Å²) in [5.41, 5.74) is 2.18. The van der Waals surface area contributed by atoms with Crippen LogP contribution in [0.3, 0.4) is 0 Å². The van der Waals surface area contributed by atoms with Crippen molar-refractivity contribution in [3.63, 3.8) is 0 Å². The maximum absolute atomic E-state index is 12.3. The van der Waals surface area contributed by atoms with Gasteiger partial charge in [0.1, 0.15) is 6.54 Å². The molecule has 0 aliphatic carbocycles. The van der Waals surface area contributed by atoms with Gasteiger partial charge in [-0.3, -0.25) is 4.79 Å². The van der Waals surface area contributed by atoms with Gasteiger partial charge >= 0.3 is 0 Å². The molecule has 0 unspecified atom stereocenters. The van der Waals surface area contributed by atoms with Crippen LogP contribution in [0.1, 0.15) is 27.6 Å². The van der Waals surface area contributed by atoms with Crippen LogP contribution >= 0.6 is 11.6 Å². The highest BCUT2D eigenvalue weighted by molar-refractivity contribution is 6.33. The molecule has 0 spiro atoms. The minimum Gasteiger partial charge on any atom is -0.359 e. The van der Waals surface area contributed by atoms with Gasteiger partial charge in [-0.2, -0.15) is 0 Å². The Morgan fingerprint density at radius 1 is 1.35 bits per heavy atom. The Hall–Kier alpha value is -2.67. The zero-order valence-electron chi connectivity index (χ0n) is 12.6. The molecule has 1 amide bonds. The average Bonchev–Trinajstić information content (AvgIpc) is 3.09. The maximum Gasteiger partial charge on any atom is 0.278 e. The van der Waals surface area contributed by atoms with Gasteiger partial charge in [-0.15, -0.1) is 5.10 Å². The second-order valence-corrected chi connectivity index (χ2v) is 5.46. The van der Waals surface area contributed by atoms with E-state index in [1.54, 1.807) is 35.9 Å². The van der Waals surface area contributed by atoms with Crippen LogP contribution in [0.25, 0.3) is 0 Å². The fourth-order valence-corrected chi connectivity index (χ4v) is 2.29. The Bertz CT molecular complexity index is 855. The van der Waals surface area contributed by atoms with Gasteiger partial charge < -0.3 is 9.84 Å². The van der Waals surface area contributed by atoms with E-state index in [1.807, 2.05) is 13.0 Å². The van der Waals surface area contributed by atoms with Crippen LogP contribution in [0.5, 0.6) is 0 Å². The van der Waals surface area contributed by atoms with Gasteiger partial charge in [0.05, 0.1) is 22.1 Å². The third kappa shape index (κ3) is 3.24. The molecule has 0 atom stereocenters. The normalized spacial score (nSPS) is 10.7. The van der Waals surface area contributed by atoms with Crippen molar-refractivity contribution in [3.05, 3.63) is 58.2 Å². The van der Waals surface area contributed by atoms with E-state index in [0.29, 0.717) is 28.7 Å². The van der Waals surface area contributed by atoms with E-state index in [1.165, 1.54) is 0 Å². The lowest BCUT2D eigenvalue weighted by molar-refractivity contribution is 0.102. The first-order valence-electron chi connectivity index (χ1n) is 6.93. The number of aromatic nitrogens is 4. The van der Waals surface area contributed by atoms with E-state index in [9.17, 15) is 4.79 Å². The first-order valence-corrected chi connectivity index (χ1v) is 7.30. The number of nitrogens with zero attached hydrogens (tertiary/aromatic N) is 4. The summed E-state index contributed by atoms with van der Waals surface area (Å²) in [6, 6.07) is 8.81. The molecule has 0 aliphatic rings. The number of carbonyl (C=O) groups is 1. The van der Waals surface area contributed by atoms with E-state index >= 15 is 0 Å². The van der Waals surface area contributed by atoms with Crippen LogP contribution in [0, 0.1) is 13.8 Å². The molecule has 0 aliphatic heterocycles. The van der Waals surface area contributed by atoms with Gasteiger partial charge in [-0.25, -0.2) is 4.68 Å². The number of rotatable bonds is 4. The zero-order chi connectivity index (χ0) is 16.4. The summed E-state index contributed by atoms with van der Waals surface area (Å²) in [4.78, 5) is 12.3. The molecule has 8 heteroatoms. The molecule has 2 heterocycles. The quantitative estimate of drug-likeness (QED) is 0.794. The van der Waals surface area contributed by atoms with Crippen molar-refractivity contribution < 1.29 is 9.32 Å². The molecule has 0 saturated heterocycles. The summed E-state index contributed by atoms with van der Waals surface area (Å²) >= 11 is 6.04. The standard InChI is InChI=1S/C15H14ClN5O2/c1-9-7-11(23-19-9)8-21-10(2)14(18-20-21)15(22)17-13-6-4-3-5-12(13)16/h3-7H,8H2,1-2H3,(H,17,22). The van der Waals surface area contributed by atoms with E-state index in [4.69, 9.17) is 16.1 Å². The lowest BCUT2D eigenvalue weighted by Crippen LogP contribution is -2.14. The Kier molecular flexibility index (Phi) is 4.12. The SMILES string of the molecule is Cc1cc(Cn2nnc(C(=O)Nc3ccccc3Cl)c2C)on1. The van der Waals surface area contributed by atoms with Crippen LogP contribution in [-0.4, -0.2) is 26.1 Å². The number of carbonyl (C=O) groups excluding carboxylic acids is 1. The van der Waals surface area contributed by atoms with Crippen molar-refractivity contribution in [2.24, 2.45) is 0 Å². The van der Waals surface area contributed by atoms with Crippen molar-refractivity contribution in [2.45, 2.75) is 20.4 Å². The minimum atomic E-state index is -0.365. The Morgan fingerprint density at radius 2 is 2.13 bits per heavy atom. The van der Waals surface area contributed by atoms with Gasteiger partial charge in [0.25, 0.3) is 5.91 Å². The van der Waals surface area contributed by atoms with Crippen LogP contribution in [0.15, 0.2) is 34.9 Å². The Morgan fingerprint density at radius 3 is 2.83 bits per heavy atom. The van der Waals surface area contributed by atoms with Crippen LogP contribution in [-0.2, 0) is 6.54 Å². The molecule has 0 radical (unpaired) electrons. The first kappa shape index (κ1) is 15.2. The highest BCUT2D eigenvalue weighted by Crippen LogP contribution is 2.21. The number of hydrogen-bond acceptors (Lipinski definition) is 5. The van der Waals surface area contributed by atoms with Crippen LogP contribution in [0.2, 0.25) is 5.02 Å². The molecule has 118 valence electrons. The number of amides is 1. The molecule has 1 N–H and O–H groups in total. The Balaban J connectivity index is 1.78. The summed E-state index contributed by atoms with van der Waals surface area (Å²) in [5, 5.41) is 14.9. The van der Waals surface area contributed by atoms with Gasteiger partial charge in [-0.1, -0.05) is 34.1 Å². The lowest BCUT2D eigenvalue weighted by atomic mass is 10.2. The lowest BCUT2D eigenvalue weighted by Gasteiger charge is -2.05. The number of benzene rings is 1. The number of nitrogens with one attached hydrogen (secondary N) is 1. The first-order chi connectivity index (χ1) is 11.0. The van der Waals surface area contributed by atoms with Gasteiger partial charge in [0, 0.05) is 6.07 Å². The molecule has 3 rings (SSSR count). The molecule has 0 saturated carbocycles. The number of anilines is 1. The fraction of sp³-hybridized carbons (Fsp3) is 0.200. The largest absolute Gasteiger partial charge is 0.359 e. The van der Waals surface area contributed by atoms with E-state index < -0.39 is 0 Å². The van der Waals surface area contributed by atoms with Gasteiger partial charge in [0.2, 0.25) is 0 Å². The molecule has 0 bridgehead atoms. The van der Waals surface area contributed by atoms with Crippen LogP contribution < -0.4 is 5.32 Å². The molecule has 2 aromatic heterocycles. The average molecular weight is 332 g/mol. The second kappa shape index (κ2) is 6.21. The molecular weight excluding hydrogens is 318 g/mol. The summed E-state index contributed by atoms with van der Waals surface area (Å²) in [7, 11) is 0. The second-order valence-electron chi connectivity index (χ2n) is 5.05. The van der Waals surface area contributed by atoms with E-state index in [2.05, 4.69) is 20.8 Å². The predicted octanol–water partition coefficient (Wildman–Crippen LogP) is 2.84. The molecule has 23 heavy (non-hydrogen) atoms. The summed E-state index contributed by atoms with van der Waals surface area (Å²) in [6.07, 6.45) is 0. The summed E-state index contributed by atoms with van der Waals surface area (Å²) in [6.45, 7) is 3.97. The predicted molar refractivity (Wildman–Crippen MR) is 84.5 cm³/mol. The molecule has 7 nitrogen and oxygen atoms in total. The number of aryl methyl sites for hydroxylation is 1. The maximum atomic E-state index is 12.3. The summed E-state index contributed by atoms with van der Waals surface area (Å²) < 4.78 is 6.73. The third-order valence-electron chi connectivity index (χ3n) is 3.30. The highest BCUT2D eigenvalue weighted by atomic mass is 35.5. The monoisotopic (exact) mass is 331 g/mol. The fourth-order valence-electron chi connectivity index (χ4n) is 2.10. The topological polar surface area (TPSA) is 85.8 Å². The zero-order valence-corrected chi connectivity index (χ0v) is 13.3. The molecular formula is C15H14ClN5O2. The van der Waals surface area contributed by atoms with E-state index in [-0.39, 0.29) is 11.6 Å². The number of halogens is 1. The summed E-state index contributed by atoms with van der Waals surface area (Å²) in [5.74, 6) is 0.282. The van der Waals surface area contributed by atoms with Crippen molar-refractivity contribution in [1.29, 1.82) is 0 Å². The molecule has 0 fully saturated rings. The number of hydrogen-bond donors (Lipinski definition) is 1. The van der Waals surface area contributed by atoms with Crippen molar-refractivity contribution in [2.75, 3.05) is 5.32 Å². The number of para-hydroxylation sites is 1. The van der Waals surface area contributed by atoms with E-state index in [0.717, 1.165) is 5.69 Å². The minimum absolute atomic E-state index is 0.237. The van der Waals surface area contributed by atoms with Crippen molar-refractivity contribution >= 4 is 23.2 Å². The van der Waals surface area contributed by atoms with Crippen molar-refractivity contribution in [3.8, 4) is 0 Å². The van der Waals surface area contributed by atoms with Crippen molar-refractivity contribution in [1.82, 2.24) is 20.2 Å². The van der Waals surface area contributed by atoms with Gasteiger partial charge in [-0.05, 0) is 26.0 Å². The highest BCUT2D eigenvalue weighted by Gasteiger charge is 2.18. The molecule has 3 aromatic rings. The van der Waals surface area contributed by atoms with Gasteiger partial charge in [0.15, 0.2) is 11.5 Å². The third-order valence-corrected chi connectivity index (χ3v) is 3.63. The molecule has 1 aromatic carbocycles. The smallest absolute Gasteiger partial charge is 0.278 e. The van der Waals surface area contributed by atoms with Crippen LogP contribution in [0.4, 0.5) is 5.69 Å². The Labute approximate surface area is 137 Å².